The number of hydrogen-bond donors (Lipinski definition) is 0. The molecule has 1 fully saturated rings. The fourth-order valence-electron chi connectivity index (χ4n) is 2.75. The van der Waals surface area contributed by atoms with Crippen molar-refractivity contribution in [3.05, 3.63) is 69.6 Å². The van der Waals surface area contributed by atoms with Gasteiger partial charge in [0.2, 0.25) is 0 Å². The second kappa shape index (κ2) is 7.91. The summed E-state index contributed by atoms with van der Waals surface area (Å²) in [5.41, 5.74) is 3.06. The predicted octanol–water partition coefficient (Wildman–Crippen LogP) is 6.26. The number of likely N-dealkylation sites (N-methyl/N-ethyl adjacent to an activating group) is 1. The maximum absolute atomic E-state index is 12.8. The monoisotopic (exact) mass is 398 g/mol. The Hall–Kier alpha value is -2.04. The highest BCUT2D eigenvalue weighted by molar-refractivity contribution is 8.18. The number of aliphatic imine (C=N–C) groups is 1. The van der Waals surface area contributed by atoms with Crippen LogP contribution in [0, 0.1) is 0 Å². The lowest BCUT2D eigenvalue weighted by atomic mass is 9.87. The smallest absolute Gasteiger partial charge is 0.266 e. The van der Waals surface area contributed by atoms with Crippen LogP contribution < -0.4 is 0 Å². The van der Waals surface area contributed by atoms with Crippen LogP contribution in [-0.4, -0.2) is 22.5 Å². The number of carbonyl (C=O) groups is 1. The van der Waals surface area contributed by atoms with E-state index in [9.17, 15) is 4.79 Å². The molecule has 0 saturated carbocycles. The number of rotatable bonds is 3. The minimum atomic E-state index is -0.0202. The molecule has 1 aliphatic rings. The first-order valence-electron chi connectivity index (χ1n) is 8.95. The van der Waals surface area contributed by atoms with E-state index in [2.05, 4.69) is 50.0 Å². The van der Waals surface area contributed by atoms with Gasteiger partial charge in [0.25, 0.3) is 5.91 Å². The number of amides is 1. The lowest BCUT2D eigenvalue weighted by molar-refractivity contribution is -0.122. The van der Waals surface area contributed by atoms with E-state index in [1.165, 1.54) is 17.3 Å². The quantitative estimate of drug-likeness (QED) is 0.571. The molecule has 0 N–H and O–H groups in total. The maximum Gasteiger partial charge on any atom is 0.266 e. The number of hydrogen-bond acceptors (Lipinski definition) is 3. The van der Waals surface area contributed by atoms with Crippen LogP contribution in [0.25, 0.3) is 6.08 Å². The zero-order valence-corrected chi connectivity index (χ0v) is 17.6. The average molecular weight is 399 g/mol. The van der Waals surface area contributed by atoms with E-state index in [-0.39, 0.29) is 11.3 Å². The molecule has 27 heavy (non-hydrogen) atoms. The Balaban J connectivity index is 1.90. The topological polar surface area (TPSA) is 32.7 Å². The van der Waals surface area contributed by atoms with Crippen LogP contribution in [0.15, 0.2) is 58.4 Å². The third-order valence-electron chi connectivity index (χ3n) is 4.35. The van der Waals surface area contributed by atoms with Gasteiger partial charge in [-0.05, 0) is 53.4 Å². The van der Waals surface area contributed by atoms with Gasteiger partial charge in [0.15, 0.2) is 5.17 Å². The van der Waals surface area contributed by atoms with Gasteiger partial charge in [0.05, 0.1) is 15.6 Å². The van der Waals surface area contributed by atoms with Crippen molar-refractivity contribution in [2.24, 2.45) is 4.99 Å². The fourth-order valence-corrected chi connectivity index (χ4v) is 3.98. The third kappa shape index (κ3) is 4.45. The normalized spacial score (nSPS) is 18.0. The summed E-state index contributed by atoms with van der Waals surface area (Å²) < 4.78 is 0. The van der Waals surface area contributed by atoms with Gasteiger partial charge < -0.3 is 0 Å². The number of thioether (sulfide) groups is 1. The second-order valence-corrected chi connectivity index (χ2v) is 8.79. The van der Waals surface area contributed by atoms with E-state index in [0.29, 0.717) is 27.3 Å². The Morgan fingerprint density at radius 3 is 2.37 bits per heavy atom. The minimum absolute atomic E-state index is 0.0202. The Morgan fingerprint density at radius 1 is 1.11 bits per heavy atom. The van der Waals surface area contributed by atoms with Gasteiger partial charge in [-0.25, -0.2) is 4.99 Å². The van der Waals surface area contributed by atoms with Crippen molar-refractivity contribution in [1.29, 1.82) is 0 Å². The molecule has 2 aromatic rings. The van der Waals surface area contributed by atoms with Crippen molar-refractivity contribution in [2.45, 2.75) is 33.1 Å². The van der Waals surface area contributed by atoms with Crippen LogP contribution in [0.2, 0.25) is 5.02 Å². The standard InChI is InChI=1S/C22H23ClN2OS/c1-5-25-20(26)19(14-15-10-12-16(13-11-15)22(2,3)4)27-21(25)24-18-9-7-6-8-17(18)23/h6-14H,5H2,1-4H3/b19-14-,24-21?. The van der Waals surface area contributed by atoms with E-state index in [1.807, 2.05) is 31.2 Å². The third-order valence-corrected chi connectivity index (χ3v) is 5.67. The number of amidine groups is 1. The van der Waals surface area contributed by atoms with Gasteiger partial charge in [0.1, 0.15) is 0 Å². The second-order valence-electron chi connectivity index (χ2n) is 7.38. The van der Waals surface area contributed by atoms with Crippen molar-refractivity contribution in [3.63, 3.8) is 0 Å². The SMILES string of the molecule is CCN1C(=O)/C(=C/c2ccc(C(C)(C)C)cc2)SC1=Nc1ccccc1Cl. The number of carbonyl (C=O) groups excluding carboxylic acids is 1. The zero-order valence-electron chi connectivity index (χ0n) is 16.0. The Bertz CT molecular complexity index is 911. The molecule has 0 unspecified atom stereocenters. The first-order valence-corrected chi connectivity index (χ1v) is 10.1. The molecule has 0 atom stereocenters. The molecule has 0 bridgehead atoms. The van der Waals surface area contributed by atoms with Crippen LogP contribution in [0.3, 0.4) is 0 Å². The molecule has 2 aromatic carbocycles. The summed E-state index contributed by atoms with van der Waals surface area (Å²) in [6.07, 6.45) is 1.93. The lowest BCUT2D eigenvalue weighted by Crippen LogP contribution is -2.28. The van der Waals surface area contributed by atoms with E-state index >= 15 is 0 Å². The Labute approximate surface area is 170 Å². The molecule has 0 aliphatic carbocycles. The average Bonchev–Trinajstić information content (AvgIpc) is 2.91. The lowest BCUT2D eigenvalue weighted by Gasteiger charge is -2.18. The van der Waals surface area contributed by atoms with Gasteiger partial charge in [-0.15, -0.1) is 0 Å². The molecule has 0 radical (unpaired) electrons. The van der Waals surface area contributed by atoms with E-state index in [4.69, 9.17) is 11.6 Å². The van der Waals surface area contributed by atoms with Crippen LogP contribution in [-0.2, 0) is 10.2 Å². The van der Waals surface area contributed by atoms with Gasteiger partial charge in [-0.2, -0.15) is 0 Å². The molecule has 1 heterocycles. The van der Waals surface area contributed by atoms with Crippen molar-refractivity contribution in [1.82, 2.24) is 4.90 Å². The van der Waals surface area contributed by atoms with Crippen LogP contribution in [0.1, 0.15) is 38.8 Å². The summed E-state index contributed by atoms with van der Waals surface area (Å²) in [5.74, 6) is -0.0202. The molecular formula is C22H23ClN2OS. The Kier molecular flexibility index (Phi) is 5.78. The largest absolute Gasteiger partial charge is 0.287 e. The molecular weight excluding hydrogens is 376 g/mol. The number of benzene rings is 2. The fraction of sp³-hybridized carbons (Fsp3) is 0.273. The summed E-state index contributed by atoms with van der Waals surface area (Å²) in [5, 5.41) is 1.23. The van der Waals surface area contributed by atoms with Crippen molar-refractivity contribution < 1.29 is 4.79 Å². The summed E-state index contributed by atoms with van der Waals surface area (Å²) in [4.78, 5) is 19.7. The number of para-hydroxylation sites is 1. The summed E-state index contributed by atoms with van der Waals surface area (Å²) in [6, 6.07) is 15.7. The first-order chi connectivity index (χ1) is 12.8. The zero-order chi connectivity index (χ0) is 19.6. The highest BCUT2D eigenvalue weighted by Crippen LogP contribution is 2.35. The van der Waals surface area contributed by atoms with Gasteiger partial charge in [-0.3, -0.25) is 9.69 Å². The molecule has 5 heteroatoms. The molecule has 0 aromatic heterocycles. The number of nitrogens with zero attached hydrogens (tertiary/aromatic N) is 2. The van der Waals surface area contributed by atoms with Crippen LogP contribution >= 0.6 is 23.4 Å². The Morgan fingerprint density at radius 2 is 1.78 bits per heavy atom. The highest BCUT2D eigenvalue weighted by atomic mass is 35.5. The summed E-state index contributed by atoms with van der Waals surface area (Å²) in [6.45, 7) is 9.07. The minimum Gasteiger partial charge on any atom is -0.287 e. The van der Waals surface area contributed by atoms with E-state index in [0.717, 1.165) is 5.56 Å². The van der Waals surface area contributed by atoms with Crippen molar-refractivity contribution in [2.75, 3.05) is 6.54 Å². The summed E-state index contributed by atoms with van der Waals surface area (Å²) in [7, 11) is 0. The van der Waals surface area contributed by atoms with Crippen molar-refractivity contribution in [3.8, 4) is 0 Å². The highest BCUT2D eigenvalue weighted by Gasteiger charge is 2.32. The molecule has 140 valence electrons. The van der Waals surface area contributed by atoms with Crippen molar-refractivity contribution >= 4 is 46.2 Å². The van der Waals surface area contributed by atoms with Crippen LogP contribution in [0.5, 0.6) is 0 Å². The first kappa shape index (κ1) is 19.7. The molecule has 3 rings (SSSR count). The number of halogens is 1. The molecule has 3 nitrogen and oxygen atoms in total. The van der Waals surface area contributed by atoms with Gasteiger partial charge >= 0.3 is 0 Å². The molecule has 1 aliphatic heterocycles. The molecule has 0 spiro atoms. The van der Waals surface area contributed by atoms with E-state index in [1.54, 1.807) is 11.0 Å². The van der Waals surface area contributed by atoms with Gasteiger partial charge in [-0.1, -0.05) is 68.8 Å². The molecule has 1 saturated heterocycles. The predicted molar refractivity (Wildman–Crippen MR) is 117 cm³/mol. The van der Waals surface area contributed by atoms with Crippen LogP contribution in [0.4, 0.5) is 5.69 Å². The maximum atomic E-state index is 12.8. The van der Waals surface area contributed by atoms with Gasteiger partial charge in [0, 0.05) is 6.54 Å². The van der Waals surface area contributed by atoms with E-state index < -0.39 is 0 Å². The summed E-state index contributed by atoms with van der Waals surface area (Å²) >= 11 is 7.60. The molecule has 1 amide bonds.